The van der Waals surface area contributed by atoms with Crippen molar-refractivity contribution >= 4 is 67.1 Å². The molecular formula is C27H27F3N12O9S2. The molecule has 0 spiro atoms. The van der Waals surface area contributed by atoms with Crippen molar-refractivity contribution in [2.75, 3.05) is 30.7 Å². The summed E-state index contributed by atoms with van der Waals surface area (Å²) < 4.78 is 74.9. The van der Waals surface area contributed by atoms with Crippen molar-refractivity contribution in [2.45, 2.75) is 43.8 Å². The number of aromatic nitrogens is 6. The maximum atomic E-state index is 13.5. The fourth-order valence-corrected chi connectivity index (χ4v) is 6.10. The molecule has 21 nitrogen and oxygen atoms in total. The molecule has 6 N–H and O–H groups in total. The van der Waals surface area contributed by atoms with E-state index in [1.807, 2.05) is 12.1 Å². The summed E-state index contributed by atoms with van der Waals surface area (Å²) in [5, 5.41) is 28.7. The highest BCUT2D eigenvalue weighted by Crippen LogP contribution is 2.34. The van der Waals surface area contributed by atoms with Crippen molar-refractivity contribution in [3.8, 4) is 5.75 Å². The molecule has 0 aliphatic carbocycles. The Kier molecular flexibility index (Phi) is 10.0. The number of tetrazole rings is 1. The number of hydroxylamine groups is 2. The van der Waals surface area contributed by atoms with Crippen LogP contribution in [0.5, 0.6) is 5.75 Å². The minimum absolute atomic E-state index is 0.0227. The van der Waals surface area contributed by atoms with E-state index in [2.05, 4.69) is 60.2 Å². The van der Waals surface area contributed by atoms with Crippen LogP contribution in [0.4, 0.5) is 24.1 Å². The second-order valence-electron chi connectivity index (χ2n) is 11.8. The quantitative estimate of drug-likeness (QED) is 0.0644. The van der Waals surface area contributed by atoms with Gasteiger partial charge in [-0.3, -0.25) is 9.59 Å². The summed E-state index contributed by atoms with van der Waals surface area (Å²) >= 11 is 0.941. The molecule has 53 heavy (non-hydrogen) atoms. The lowest BCUT2D eigenvalue weighted by atomic mass is 9.84. The first-order valence-electron chi connectivity index (χ1n) is 15.1. The highest BCUT2D eigenvalue weighted by molar-refractivity contribution is 7.82. The molecule has 1 aromatic carbocycles. The van der Waals surface area contributed by atoms with Crippen molar-refractivity contribution in [1.82, 2.24) is 46.3 Å². The number of carbonyl (C=O) groups excluding carboxylic acids is 3. The Labute approximate surface area is 299 Å². The second-order valence-corrected chi connectivity index (χ2v) is 13.8. The Morgan fingerprint density at radius 3 is 2.60 bits per heavy atom. The van der Waals surface area contributed by atoms with Gasteiger partial charge in [-0.15, -0.1) is 25.8 Å². The number of thiazole rings is 1. The largest absolute Gasteiger partial charge is 0.492 e. The van der Waals surface area contributed by atoms with Crippen LogP contribution in [0.2, 0.25) is 0 Å². The molecule has 6 rings (SSSR count). The normalized spacial score (nSPS) is 18.1. The molecule has 26 heteroatoms. The number of H-pyrrole nitrogens is 1. The van der Waals surface area contributed by atoms with E-state index in [-0.39, 0.29) is 28.3 Å². The number of nitrogen functional groups attached to an aromatic ring is 1. The van der Waals surface area contributed by atoms with Gasteiger partial charge in [0.15, 0.2) is 10.8 Å². The van der Waals surface area contributed by atoms with Gasteiger partial charge >= 0.3 is 22.5 Å². The maximum Gasteiger partial charge on any atom is 0.492 e. The number of ether oxygens (including phenoxy) is 1. The third-order valence-electron chi connectivity index (χ3n) is 7.62. The van der Waals surface area contributed by atoms with E-state index in [0.717, 1.165) is 41.1 Å². The van der Waals surface area contributed by atoms with Crippen LogP contribution in [0.1, 0.15) is 31.5 Å². The fraction of sp³-hybridized carbons (Fsp3) is 0.370. The zero-order valence-corrected chi connectivity index (χ0v) is 28.8. The highest BCUT2D eigenvalue weighted by atomic mass is 32.3. The molecule has 3 aromatic heterocycles. The van der Waals surface area contributed by atoms with E-state index in [9.17, 15) is 36.0 Å². The Morgan fingerprint density at radius 2 is 1.98 bits per heavy atom. The SMILES string of the molecule is CC1(C)[C@H](NC(=O)/C(=N\O[C@H](COc2ccc3nc(NC4CNC4)ccc3c2)c2nn[nH]n2)c2csc(N)n2)C(=O)N1OS(=O)(=O)OC(=O)C(F)(F)F. The minimum atomic E-state index is -5.70. The number of β-lactam (4-membered cyclic amide) rings is 1. The van der Waals surface area contributed by atoms with E-state index in [4.69, 9.17) is 15.3 Å². The van der Waals surface area contributed by atoms with Gasteiger partial charge in [-0.25, -0.2) is 14.8 Å². The van der Waals surface area contributed by atoms with E-state index >= 15 is 0 Å². The summed E-state index contributed by atoms with van der Waals surface area (Å²) in [7, 11) is -5.70. The number of amides is 2. The summed E-state index contributed by atoms with van der Waals surface area (Å²) in [5.74, 6) is -4.28. The lowest BCUT2D eigenvalue weighted by Crippen LogP contribution is -2.77. The van der Waals surface area contributed by atoms with Gasteiger partial charge in [-0.1, -0.05) is 10.4 Å². The molecule has 0 saturated carbocycles. The topological polar surface area (TPSA) is 280 Å². The number of aromatic amines is 1. The van der Waals surface area contributed by atoms with Crippen molar-refractivity contribution < 1.29 is 54.0 Å². The lowest BCUT2D eigenvalue weighted by Gasteiger charge is -2.50. The number of nitrogens with one attached hydrogen (secondary N) is 4. The van der Waals surface area contributed by atoms with Crippen molar-refractivity contribution in [2.24, 2.45) is 5.16 Å². The predicted octanol–water partition coefficient (Wildman–Crippen LogP) is 0.0988. The van der Waals surface area contributed by atoms with Gasteiger partial charge in [0.25, 0.3) is 11.8 Å². The zero-order valence-electron chi connectivity index (χ0n) is 27.1. The number of nitrogens with zero attached hydrogens (tertiary/aromatic N) is 7. The number of halogens is 3. The Bertz CT molecular complexity index is 2160. The number of hydrogen-bond acceptors (Lipinski definition) is 19. The van der Waals surface area contributed by atoms with Crippen LogP contribution in [0.25, 0.3) is 10.9 Å². The number of fused-ring (bicyclic) bond motifs is 1. The van der Waals surface area contributed by atoms with Crippen molar-refractivity contribution in [3.05, 3.63) is 47.2 Å². The molecule has 0 unspecified atom stereocenters. The molecule has 5 heterocycles. The first-order valence-corrected chi connectivity index (χ1v) is 17.3. The average Bonchev–Trinajstić information content (AvgIpc) is 3.77. The number of hydrogen-bond donors (Lipinski definition) is 5. The van der Waals surface area contributed by atoms with Crippen LogP contribution in [0.3, 0.4) is 0 Å². The first-order chi connectivity index (χ1) is 25.0. The molecule has 2 fully saturated rings. The third kappa shape index (κ3) is 8.34. The number of anilines is 2. The molecule has 0 bridgehead atoms. The molecule has 4 aromatic rings. The molecular weight excluding hydrogens is 758 g/mol. The Hall–Kier alpha value is -5.73. The minimum Gasteiger partial charge on any atom is -0.489 e. The number of nitrogens with two attached hydrogens (primary N) is 1. The maximum absolute atomic E-state index is 13.5. The number of pyridine rings is 1. The molecule has 2 atom stereocenters. The summed E-state index contributed by atoms with van der Waals surface area (Å²) in [6.45, 7) is 3.85. The smallest absolute Gasteiger partial charge is 0.489 e. The van der Waals surface area contributed by atoms with E-state index in [1.54, 1.807) is 18.2 Å². The average molecular weight is 785 g/mol. The van der Waals surface area contributed by atoms with Crippen LogP contribution < -0.4 is 26.4 Å². The second kappa shape index (κ2) is 14.4. The van der Waals surface area contributed by atoms with Gasteiger partial charge in [-0.2, -0.15) is 31.9 Å². The fourth-order valence-electron chi connectivity index (χ4n) is 4.79. The summed E-state index contributed by atoms with van der Waals surface area (Å²) in [6.07, 6.45) is -6.85. The monoisotopic (exact) mass is 784 g/mol. The van der Waals surface area contributed by atoms with Crippen molar-refractivity contribution in [1.29, 1.82) is 0 Å². The van der Waals surface area contributed by atoms with Crippen LogP contribution in [0.15, 0.2) is 40.9 Å². The van der Waals surface area contributed by atoms with Gasteiger partial charge in [0, 0.05) is 23.9 Å². The standard InChI is InChI=1S/C27H27F3N12O9S2/c1-26(2)20(23(44)42(26)51-53(46,47)50-24(45)27(28,29)30)36-22(43)19(16-11-52-25(31)35-16)39-49-17(21-37-40-41-38-21)10-48-14-4-5-15-12(7-14)3-6-18(34-15)33-13-8-32-9-13/h3-7,11,13,17,20,32H,8-10H2,1-2H3,(H2,31,35)(H,33,34)(H,36,43)(H,37,38,40,41)/b39-19-/t17-,20-/m1/s1. The highest BCUT2D eigenvalue weighted by Gasteiger charge is 2.59. The van der Waals surface area contributed by atoms with Gasteiger partial charge in [-0.05, 0) is 44.2 Å². The summed E-state index contributed by atoms with van der Waals surface area (Å²) in [6, 6.07) is 7.71. The van der Waals surface area contributed by atoms with Crippen molar-refractivity contribution in [3.63, 3.8) is 0 Å². The number of rotatable bonds is 14. The molecule has 2 aliphatic rings. The number of carbonyl (C=O) groups is 3. The number of alkyl halides is 3. The molecule has 2 saturated heterocycles. The molecule has 2 aliphatic heterocycles. The van der Waals surface area contributed by atoms with Gasteiger partial charge in [0.1, 0.15) is 29.9 Å². The summed E-state index contributed by atoms with van der Waals surface area (Å²) in [4.78, 5) is 51.7. The lowest BCUT2D eigenvalue weighted by molar-refractivity contribution is -0.221. The van der Waals surface area contributed by atoms with Gasteiger partial charge in [0.2, 0.25) is 11.9 Å². The molecule has 2 amide bonds. The molecule has 0 radical (unpaired) electrons. The number of benzene rings is 1. The van der Waals surface area contributed by atoms with Crippen LogP contribution in [-0.2, 0) is 38.1 Å². The van der Waals surface area contributed by atoms with Gasteiger partial charge in [0.05, 0.1) is 17.1 Å². The summed E-state index contributed by atoms with van der Waals surface area (Å²) in [5.41, 5.74) is 4.15. The Balaban J connectivity index is 1.15. The third-order valence-corrected chi connectivity index (χ3v) is 8.98. The van der Waals surface area contributed by atoms with E-state index in [0.29, 0.717) is 11.8 Å². The van der Waals surface area contributed by atoms with Crippen LogP contribution in [0, 0.1) is 0 Å². The zero-order chi connectivity index (χ0) is 38.1. The van der Waals surface area contributed by atoms with Crippen LogP contribution >= 0.6 is 11.3 Å². The van der Waals surface area contributed by atoms with Crippen LogP contribution in [-0.4, -0.2) is 111 Å². The van der Waals surface area contributed by atoms with Gasteiger partial charge < -0.3 is 35.4 Å². The predicted molar refractivity (Wildman–Crippen MR) is 174 cm³/mol. The first kappa shape index (κ1) is 37.0. The molecule has 282 valence electrons. The Morgan fingerprint density at radius 1 is 1.21 bits per heavy atom. The number of oxime groups is 1. The van der Waals surface area contributed by atoms with E-state index < -0.39 is 57.8 Å². The van der Waals surface area contributed by atoms with E-state index in [1.165, 1.54) is 19.2 Å².